The summed E-state index contributed by atoms with van der Waals surface area (Å²) in [4.78, 5) is 28.8. The topological polar surface area (TPSA) is 87.2 Å². The van der Waals surface area contributed by atoms with Gasteiger partial charge in [-0.2, -0.15) is 4.31 Å². The van der Waals surface area contributed by atoms with Crippen LogP contribution in [0, 0.1) is 11.8 Å². The average Bonchev–Trinajstić information content (AvgIpc) is 2.99. The van der Waals surface area contributed by atoms with Crippen molar-refractivity contribution < 1.29 is 22.7 Å². The number of ether oxygens (including phenoxy) is 1. The van der Waals surface area contributed by atoms with E-state index in [-0.39, 0.29) is 35.2 Å². The molecule has 8 nitrogen and oxygen atoms in total. The van der Waals surface area contributed by atoms with Crippen molar-refractivity contribution in [2.75, 3.05) is 40.0 Å². The quantitative estimate of drug-likeness (QED) is 0.521. The summed E-state index contributed by atoms with van der Waals surface area (Å²) in [5.41, 5.74) is 0. The third-order valence-corrected chi connectivity index (χ3v) is 7.88. The van der Waals surface area contributed by atoms with Gasteiger partial charge in [0.1, 0.15) is 5.75 Å². The second kappa shape index (κ2) is 7.89. The van der Waals surface area contributed by atoms with E-state index in [0.29, 0.717) is 44.8 Å². The molecule has 0 bridgehead atoms. The van der Waals surface area contributed by atoms with E-state index in [9.17, 15) is 18.0 Å². The van der Waals surface area contributed by atoms with Gasteiger partial charge < -0.3 is 4.74 Å². The molecule has 1 aromatic rings. The van der Waals surface area contributed by atoms with E-state index in [4.69, 9.17) is 4.74 Å². The number of hydrogen-bond donors (Lipinski definition) is 0. The lowest BCUT2D eigenvalue weighted by atomic mass is 9.85. The zero-order chi connectivity index (χ0) is 20.6. The Labute approximate surface area is 170 Å². The number of sulfonamides is 1. The van der Waals surface area contributed by atoms with Gasteiger partial charge in [-0.1, -0.05) is 12.2 Å². The number of imide groups is 1. The zero-order valence-electron chi connectivity index (χ0n) is 16.4. The molecule has 0 N–H and O–H groups in total. The van der Waals surface area contributed by atoms with Crippen LogP contribution in [0.5, 0.6) is 5.75 Å². The van der Waals surface area contributed by atoms with E-state index in [0.717, 1.165) is 0 Å². The summed E-state index contributed by atoms with van der Waals surface area (Å²) in [6.45, 7) is 1.82. The summed E-state index contributed by atoms with van der Waals surface area (Å²) in [7, 11) is -2.05. The van der Waals surface area contributed by atoms with E-state index in [1.54, 1.807) is 12.1 Å². The van der Waals surface area contributed by atoms with E-state index >= 15 is 0 Å². The molecule has 0 radical (unpaired) electrons. The summed E-state index contributed by atoms with van der Waals surface area (Å²) in [6.07, 6.45) is 5.19. The van der Waals surface area contributed by atoms with E-state index < -0.39 is 10.0 Å². The van der Waals surface area contributed by atoms with Crippen molar-refractivity contribution in [3.05, 3.63) is 36.4 Å². The monoisotopic (exact) mass is 419 g/mol. The summed E-state index contributed by atoms with van der Waals surface area (Å²) < 4.78 is 32.2. The van der Waals surface area contributed by atoms with E-state index in [1.807, 2.05) is 17.1 Å². The first-order valence-electron chi connectivity index (χ1n) is 9.78. The third kappa shape index (κ3) is 3.70. The smallest absolute Gasteiger partial charge is 0.243 e. The van der Waals surface area contributed by atoms with Gasteiger partial charge in [0, 0.05) is 26.2 Å². The van der Waals surface area contributed by atoms with Crippen molar-refractivity contribution >= 4 is 21.8 Å². The molecule has 156 valence electrons. The van der Waals surface area contributed by atoms with Crippen molar-refractivity contribution in [1.29, 1.82) is 0 Å². The number of nitrogens with zero attached hydrogens (tertiary/aromatic N) is 3. The number of amides is 2. The SMILES string of the molecule is COc1ccc(S(=O)(=O)N2CCN(CN3C(=O)[C@@H]4CC=CC[C@H]4C3=O)CC2)cc1. The zero-order valence-corrected chi connectivity index (χ0v) is 17.2. The molecule has 2 heterocycles. The predicted octanol–water partition coefficient (Wildman–Crippen LogP) is 0.910. The lowest BCUT2D eigenvalue weighted by Crippen LogP contribution is -2.52. The molecule has 0 spiro atoms. The number of carbonyl (C=O) groups is 2. The van der Waals surface area contributed by atoms with Crippen molar-refractivity contribution in [3.8, 4) is 5.75 Å². The minimum absolute atomic E-state index is 0.0994. The Morgan fingerprint density at radius 3 is 2.00 bits per heavy atom. The standard InChI is InChI=1S/C20H25N3O5S/c1-28-15-6-8-16(9-7-15)29(26,27)22-12-10-21(11-13-22)14-23-19(24)17-4-2-3-5-18(17)20(23)25/h2-3,6-9,17-18H,4-5,10-14H2,1H3/t17-,18-/m1/s1. The number of likely N-dealkylation sites (tertiary alicyclic amines) is 1. The highest BCUT2D eigenvalue weighted by molar-refractivity contribution is 7.89. The minimum atomic E-state index is -3.58. The fourth-order valence-electron chi connectivity index (χ4n) is 4.22. The molecule has 9 heteroatoms. The van der Waals surface area contributed by atoms with Crippen LogP contribution in [0.3, 0.4) is 0 Å². The van der Waals surface area contributed by atoms with Crippen LogP contribution in [0.1, 0.15) is 12.8 Å². The van der Waals surface area contributed by atoms with Gasteiger partial charge in [0.15, 0.2) is 0 Å². The number of carbonyl (C=O) groups excluding carboxylic acids is 2. The Balaban J connectivity index is 1.37. The predicted molar refractivity (Wildman–Crippen MR) is 105 cm³/mol. The maximum Gasteiger partial charge on any atom is 0.243 e. The Bertz CT molecular complexity index is 894. The van der Waals surface area contributed by atoms with Gasteiger partial charge in [-0.25, -0.2) is 8.42 Å². The molecule has 0 aromatic heterocycles. The van der Waals surface area contributed by atoms with Gasteiger partial charge >= 0.3 is 0 Å². The van der Waals surface area contributed by atoms with Gasteiger partial charge in [-0.05, 0) is 37.1 Å². The molecule has 2 amide bonds. The maximum absolute atomic E-state index is 12.9. The van der Waals surface area contributed by atoms with Crippen LogP contribution in [-0.2, 0) is 19.6 Å². The van der Waals surface area contributed by atoms with Crippen molar-refractivity contribution in [1.82, 2.24) is 14.1 Å². The Morgan fingerprint density at radius 1 is 0.931 bits per heavy atom. The highest BCUT2D eigenvalue weighted by Gasteiger charge is 2.47. The number of benzene rings is 1. The number of piperazine rings is 1. The molecule has 4 rings (SSSR count). The Kier molecular flexibility index (Phi) is 5.46. The Hall–Kier alpha value is -2.23. The number of allylic oxidation sites excluding steroid dienone is 2. The molecular weight excluding hydrogens is 394 g/mol. The van der Waals surface area contributed by atoms with Crippen LogP contribution in [0.4, 0.5) is 0 Å². The molecule has 2 fully saturated rings. The molecule has 3 aliphatic rings. The first-order valence-corrected chi connectivity index (χ1v) is 11.2. The highest BCUT2D eigenvalue weighted by atomic mass is 32.2. The van der Waals surface area contributed by atoms with E-state index in [2.05, 4.69) is 0 Å². The van der Waals surface area contributed by atoms with Crippen LogP contribution in [0.15, 0.2) is 41.3 Å². The summed E-state index contributed by atoms with van der Waals surface area (Å²) >= 11 is 0. The first kappa shape index (κ1) is 20.1. The minimum Gasteiger partial charge on any atom is -0.497 e. The Morgan fingerprint density at radius 2 is 1.48 bits per heavy atom. The van der Waals surface area contributed by atoms with Gasteiger partial charge in [-0.15, -0.1) is 0 Å². The van der Waals surface area contributed by atoms with E-state index in [1.165, 1.54) is 28.4 Å². The van der Waals surface area contributed by atoms with Crippen molar-refractivity contribution in [2.24, 2.45) is 11.8 Å². The average molecular weight is 420 g/mol. The third-order valence-electron chi connectivity index (χ3n) is 5.97. The number of fused-ring (bicyclic) bond motifs is 1. The number of hydrogen-bond acceptors (Lipinski definition) is 6. The fraction of sp³-hybridized carbons (Fsp3) is 0.500. The second-order valence-corrected chi connectivity index (χ2v) is 9.54. The van der Waals surface area contributed by atoms with Crippen LogP contribution >= 0.6 is 0 Å². The number of rotatable bonds is 5. The summed E-state index contributed by atoms with van der Waals surface area (Å²) in [5, 5.41) is 0. The molecule has 1 aromatic carbocycles. The largest absolute Gasteiger partial charge is 0.497 e. The maximum atomic E-state index is 12.9. The lowest BCUT2D eigenvalue weighted by molar-refractivity contribution is -0.142. The molecule has 1 aliphatic carbocycles. The lowest BCUT2D eigenvalue weighted by Gasteiger charge is -2.35. The van der Waals surface area contributed by atoms with Gasteiger partial charge in [0.25, 0.3) is 0 Å². The van der Waals surface area contributed by atoms with Gasteiger partial charge in [0.05, 0.1) is 30.5 Å². The molecule has 2 aliphatic heterocycles. The summed E-state index contributed by atoms with van der Waals surface area (Å²) in [6, 6.07) is 6.33. The van der Waals surface area contributed by atoms with Gasteiger partial charge in [-0.3, -0.25) is 19.4 Å². The van der Waals surface area contributed by atoms with Crippen LogP contribution < -0.4 is 4.74 Å². The van der Waals surface area contributed by atoms with Crippen molar-refractivity contribution in [3.63, 3.8) is 0 Å². The number of methoxy groups -OCH3 is 1. The second-order valence-electron chi connectivity index (χ2n) is 7.60. The molecule has 29 heavy (non-hydrogen) atoms. The molecule has 0 unspecified atom stereocenters. The molecule has 2 saturated heterocycles. The molecule has 0 saturated carbocycles. The van der Waals surface area contributed by atoms with Crippen molar-refractivity contribution in [2.45, 2.75) is 17.7 Å². The summed E-state index contributed by atoms with van der Waals surface area (Å²) in [5.74, 6) is -0.0618. The normalized spacial score (nSPS) is 26.0. The first-order chi connectivity index (χ1) is 13.9. The molecule has 2 atom stereocenters. The highest BCUT2D eigenvalue weighted by Crippen LogP contribution is 2.35. The van der Waals surface area contributed by atoms with Crippen LogP contribution in [-0.4, -0.2) is 74.3 Å². The van der Waals surface area contributed by atoms with Crippen LogP contribution in [0.25, 0.3) is 0 Å². The van der Waals surface area contributed by atoms with Gasteiger partial charge in [0.2, 0.25) is 21.8 Å². The molecular formula is C20H25N3O5S. The fourth-order valence-corrected chi connectivity index (χ4v) is 5.64. The van der Waals surface area contributed by atoms with Crippen LogP contribution in [0.2, 0.25) is 0 Å².